The first-order chi connectivity index (χ1) is 7.25. The van der Waals surface area contributed by atoms with Crippen LogP contribution in [-0.2, 0) is 6.54 Å². The zero-order valence-electron chi connectivity index (χ0n) is 9.69. The molecule has 0 saturated heterocycles. The summed E-state index contributed by atoms with van der Waals surface area (Å²) < 4.78 is 2.00. The van der Waals surface area contributed by atoms with Crippen LogP contribution in [0.15, 0.2) is 18.5 Å². The third-order valence-corrected chi connectivity index (χ3v) is 3.23. The molecule has 0 bridgehead atoms. The summed E-state index contributed by atoms with van der Waals surface area (Å²) in [7, 11) is 0. The number of hydrogen-bond donors (Lipinski definition) is 1. The first-order valence-electron chi connectivity index (χ1n) is 5.99. The average molecular weight is 207 g/mol. The van der Waals surface area contributed by atoms with Crippen LogP contribution >= 0.6 is 0 Å². The molecule has 0 aliphatic heterocycles. The van der Waals surface area contributed by atoms with Crippen LogP contribution < -0.4 is 5.32 Å². The van der Waals surface area contributed by atoms with Crippen molar-refractivity contribution in [2.24, 2.45) is 5.92 Å². The minimum absolute atomic E-state index is 0.588. The summed E-state index contributed by atoms with van der Waals surface area (Å²) in [5.41, 5.74) is 0. The lowest BCUT2D eigenvalue weighted by molar-refractivity contribution is 0.393. The van der Waals surface area contributed by atoms with Crippen LogP contribution in [0.25, 0.3) is 0 Å². The van der Waals surface area contributed by atoms with E-state index in [0.29, 0.717) is 12.1 Å². The summed E-state index contributed by atoms with van der Waals surface area (Å²) in [5, 5.41) is 7.87. The van der Waals surface area contributed by atoms with Gasteiger partial charge >= 0.3 is 0 Å². The molecular weight excluding hydrogens is 186 g/mol. The molecule has 0 aromatic carbocycles. The number of hydrogen-bond acceptors (Lipinski definition) is 2. The summed E-state index contributed by atoms with van der Waals surface area (Å²) in [6.07, 6.45) is 7.85. The summed E-state index contributed by atoms with van der Waals surface area (Å²) in [6.45, 7) is 5.59. The molecule has 2 rings (SSSR count). The van der Waals surface area contributed by atoms with Gasteiger partial charge in [-0.15, -0.1) is 0 Å². The van der Waals surface area contributed by atoms with Gasteiger partial charge in [0, 0.05) is 31.0 Å². The van der Waals surface area contributed by atoms with Gasteiger partial charge in [-0.25, -0.2) is 0 Å². The van der Waals surface area contributed by atoms with Gasteiger partial charge in [0.15, 0.2) is 0 Å². The average Bonchev–Trinajstić information content (AvgIpc) is 2.93. The minimum atomic E-state index is 0.588. The Hall–Kier alpha value is -0.830. The summed E-state index contributed by atoms with van der Waals surface area (Å²) in [6, 6.07) is 3.26. The Bertz CT molecular complexity index is 277. The molecule has 1 aromatic rings. The number of nitrogens with zero attached hydrogens (tertiary/aromatic N) is 2. The second-order valence-electron chi connectivity index (χ2n) is 4.75. The molecule has 0 spiro atoms. The topological polar surface area (TPSA) is 29.9 Å². The molecule has 84 valence electrons. The van der Waals surface area contributed by atoms with E-state index in [1.807, 2.05) is 23.1 Å². The quantitative estimate of drug-likeness (QED) is 0.773. The molecule has 1 N–H and O–H groups in total. The van der Waals surface area contributed by atoms with E-state index in [4.69, 9.17) is 0 Å². The van der Waals surface area contributed by atoms with E-state index in [2.05, 4.69) is 24.3 Å². The van der Waals surface area contributed by atoms with E-state index < -0.39 is 0 Å². The Kier molecular flexibility index (Phi) is 3.41. The van der Waals surface area contributed by atoms with Crippen LogP contribution in [0.3, 0.4) is 0 Å². The Balaban J connectivity index is 1.65. The molecule has 1 saturated carbocycles. The van der Waals surface area contributed by atoms with Gasteiger partial charge < -0.3 is 5.32 Å². The highest BCUT2D eigenvalue weighted by Crippen LogP contribution is 2.32. The number of aryl methyl sites for hydroxylation is 1. The second kappa shape index (κ2) is 4.79. The van der Waals surface area contributed by atoms with Crippen molar-refractivity contribution in [1.82, 2.24) is 15.1 Å². The number of rotatable bonds is 6. The maximum atomic E-state index is 4.20. The van der Waals surface area contributed by atoms with Crippen LogP contribution in [0.2, 0.25) is 0 Å². The minimum Gasteiger partial charge on any atom is -0.311 e. The predicted octanol–water partition coefficient (Wildman–Crippen LogP) is 2.05. The van der Waals surface area contributed by atoms with Crippen molar-refractivity contribution in [3.63, 3.8) is 0 Å². The second-order valence-corrected chi connectivity index (χ2v) is 4.75. The van der Waals surface area contributed by atoms with Crippen molar-refractivity contribution in [2.75, 3.05) is 0 Å². The first kappa shape index (κ1) is 10.7. The lowest BCUT2D eigenvalue weighted by Gasteiger charge is -2.19. The van der Waals surface area contributed by atoms with Crippen molar-refractivity contribution in [3.8, 4) is 0 Å². The fourth-order valence-corrected chi connectivity index (χ4v) is 2.02. The van der Waals surface area contributed by atoms with Gasteiger partial charge in [0.05, 0.1) is 0 Å². The molecule has 2 unspecified atom stereocenters. The Labute approximate surface area is 91.9 Å². The fraction of sp³-hybridized carbons (Fsp3) is 0.750. The van der Waals surface area contributed by atoms with E-state index in [1.54, 1.807) is 0 Å². The van der Waals surface area contributed by atoms with Crippen LogP contribution in [0, 0.1) is 5.92 Å². The molecule has 1 aliphatic carbocycles. The third kappa shape index (κ3) is 3.34. The van der Waals surface area contributed by atoms with Gasteiger partial charge in [0.2, 0.25) is 0 Å². The van der Waals surface area contributed by atoms with Gasteiger partial charge in [-0.05, 0) is 45.1 Å². The third-order valence-electron chi connectivity index (χ3n) is 3.23. The zero-order chi connectivity index (χ0) is 10.7. The van der Waals surface area contributed by atoms with Gasteiger partial charge in [-0.2, -0.15) is 5.10 Å². The monoisotopic (exact) mass is 207 g/mol. The highest BCUT2D eigenvalue weighted by Gasteiger charge is 2.28. The summed E-state index contributed by atoms with van der Waals surface area (Å²) in [5.74, 6) is 0.942. The number of aromatic nitrogens is 2. The molecule has 2 atom stereocenters. The molecule has 0 amide bonds. The van der Waals surface area contributed by atoms with E-state index in [0.717, 1.165) is 18.9 Å². The molecule has 3 heteroatoms. The maximum absolute atomic E-state index is 4.20. The maximum Gasteiger partial charge on any atom is 0.0489 e. The fourth-order valence-electron chi connectivity index (χ4n) is 2.02. The zero-order valence-corrected chi connectivity index (χ0v) is 9.69. The van der Waals surface area contributed by atoms with Gasteiger partial charge in [0.1, 0.15) is 0 Å². The highest BCUT2D eigenvalue weighted by molar-refractivity contribution is 4.85. The normalized spacial score (nSPS) is 20.1. The summed E-state index contributed by atoms with van der Waals surface area (Å²) >= 11 is 0. The largest absolute Gasteiger partial charge is 0.311 e. The molecule has 0 radical (unpaired) electrons. The molecule has 1 aliphatic rings. The van der Waals surface area contributed by atoms with E-state index in [1.165, 1.54) is 12.8 Å². The standard InChI is InChI=1S/C12H21N3/c1-10(14-11(2)12-4-5-12)6-9-15-8-3-7-13-15/h3,7-8,10-12,14H,4-6,9H2,1-2H3. The molecule has 1 fully saturated rings. The van der Waals surface area contributed by atoms with Crippen LogP contribution in [0.5, 0.6) is 0 Å². The smallest absolute Gasteiger partial charge is 0.0489 e. The predicted molar refractivity (Wildman–Crippen MR) is 61.6 cm³/mol. The molecule has 3 nitrogen and oxygen atoms in total. The lowest BCUT2D eigenvalue weighted by atomic mass is 10.1. The molecule has 1 aromatic heterocycles. The van der Waals surface area contributed by atoms with E-state index in [-0.39, 0.29) is 0 Å². The van der Waals surface area contributed by atoms with Crippen LogP contribution in [-0.4, -0.2) is 21.9 Å². The number of nitrogens with one attached hydrogen (secondary N) is 1. The SMILES string of the molecule is CC(CCn1cccn1)NC(C)C1CC1. The van der Waals surface area contributed by atoms with Crippen molar-refractivity contribution in [1.29, 1.82) is 0 Å². The van der Waals surface area contributed by atoms with Crippen molar-refractivity contribution in [3.05, 3.63) is 18.5 Å². The highest BCUT2D eigenvalue weighted by atomic mass is 15.3. The van der Waals surface area contributed by atoms with Gasteiger partial charge in [0.25, 0.3) is 0 Å². The summed E-state index contributed by atoms with van der Waals surface area (Å²) in [4.78, 5) is 0. The molecule has 1 heterocycles. The van der Waals surface area contributed by atoms with E-state index >= 15 is 0 Å². The van der Waals surface area contributed by atoms with Crippen molar-refractivity contribution < 1.29 is 0 Å². The van der Waals surface area contributed by atoms with Crippen molar-refractivity contribution in [2.45, 2.75) is 51.7 Å². The van der Waals surface area contributed by atoms with Crippen molar-refractivity contribution >= 4 is 0 Å². The first-order valence-corrected chi connectivity index (χ1v) is 5.99. The molecule has 15 heavy (non-hydrogen) atoms. The van der Waals surface area contributed by atoms with Crippen LogP contribution in [0.4, 0.5) is 0 Å². The van der Waals surface area contributed by atoms with Gasteiger partial charge in [-0.3, -0.25) is 4.68 Å². The van der Waals surface area contributed by atoms with E-state index in [9.17, 15) is 0 Å². The molecular formula is C12H21N3. The Morgan fingerprint density at radius 3 is 2.87 bits per heavy atom. The van der Waals surface area contributed by atoms with Crippen LogP contribution in [0.1, 0.15) is 33.1 Å². The Morgan fingerprint density at radius 2 is 2.27 bits per heavy atom. The Morgan fingerprint density at radius 1 is 1.47 bits per heavy atom. The lowest BCUT2D eigenvalue weighted by Crippen LogP contribution is -2.36. The van der Waals surface area contributed by atoms with Gasteiger partial charge in [-0.1, -0.05) is 0 Å².